The van der Waals surface area contributed by atoms with Gasteiger partial charge in [-0.05, 0) is 73.8 Å². The Hall–Kier alpha value is -7.21. The molecule has 12 aromatic rings. The highest BCUT2D eigenvalue weighted by Crippen LogP contribution is 2.44. The summed E-state index contributed by atoms with van der Waals surface area (Å²) in [6.07, 6.45) is 0. The minimum atomic E-state index is 0.612. The average molecular weight is 732 g/mol. The van der Waals surface area contributed by atoms with E-state index in [1.54, 1.807) is 0 Å². The molecule has 0 unspecified atom stereocenters. The van der Waals surface area contributed by atoms with Crippen molar-refractivity contribution in [3.63, 3.8) is 0 Å². The molecule has 0 saturated carbocycles. The molecule has 260 valence electrons. The highest BCUT2D eigenvalue weighted by atomic mass is 32.1. The number of benzene rings is 9. The van der Waals surface area contributed by atoms with E-state index < -0.39 is 0 Å². The molecule has 5 heteroatoms. The summed E-state index contributed by atoms with van der Waals surface area (Å²) in [7, 11) is 0. The fraction of sp³-hybridized carbons (Fsp3) is 0. The number of furan rings is 1. The van der Waals surface area contributed by atoms with Gasteiger partial charge >= 0.3 is 0 Å². The molecule has 12 rings (SSSR count). The van der Waals surface area contributed by atoms with Crippen LogP contribution in [-0.4, -0.2) is 15.0 Å². The predicted octanol–water partition coefficient (Wildman–Crippen LogP) is 14.3. The van der Waals surface area contributed by atoms with Gasteiger partial charge in [0.05, 0.1) is 0 Å². The second-order valence-electron chi connectivity index (χ2n) is 14.3. The van der Waals surface area contributed by atoms with E-state index in [2.05, 4.69) is 115 Å². The van der Waals surface area contributed by atoms with E-state index in [1.165, 1.54) is 63.6 Å². The zero-order chi connectivity index (χ0) is 36.7. The molecule has 0 fully saturated rings. The van der Waals surface area contributed by atoms with Crippen LogP contribution in [0.1, 0.15) is 0 Å². The van der Waals surface area contributed by atoms with Crippen molar-refractivity contribution in [3.8, 4) is 45.3 Å². The van der Waals surface area contributed by atoms with Crippen molar-refractivity contribution in [2.45, 2.75) is 0 Å². The van der Waals surface area contributed by atoms with Gasteiger partial charge in [-0.1, -0.05) is 146 Å². The third kappa shape index (κ3) is 4.75. The van der Waals surface area contributed by atoms with Gasteiger partial charge in [-0.2, -0.15) is 0 Å². The number of aromatic nitrogens is 3. The van der Waals surface area contributed by atoms with E-state index in [-0.39, 0.29) is 0 Å². The maximum Gasteiger partial charge on any atom is 0.164 e. The lowest BCUT2D eigenvalue weighted by Crippen LogP contribution is -2.00. The van der Waals surface area contributed by atoms with Gasteiger partial charge in [-0.3, -0.25) is 0 Å². The summed E-state index contributed by atoms with van der Waals surface area (Å²) in [5, 5.41) is 12.2. The molecule has 0 aliphatic heterocycles. The molecule has 0 aliphatic rings. The van der Waals surface area contributed by atoms with Gasteiger partial charge in [0.25, 0.3) is 0 Å². The van der Waals surface area contributed by atoms with Crippen LogP contribution in [0.15, 0.2) is 180 Å². The van der Waals surface area contributed by atoms with Crippen molar-refractivity contribution in [3.05, 3.63) is 176 Å². The Kier molecular flexibility index (Phi) is 6.76. The molecule has 0 radical (unpaired) electrons. The number of hydrogen-bond donors (Lipinski definition) is 0. The molecule has 0 N–H and O–H groups in total. The molecule has 0 aliphatic carbocycles. The first-order valence-corrected chi connectivity index (χ1v) is 19.6. The molecular formula is C51H29N3OS. The van der Waals surface area contributed by atoms with Crippen LogP contribution < -0.4 is 0 Å². The SMILES string of the molecule is c1ccc(-c2nc(-c3ccc4c(c3)sc3cccc(-c5ccc6c7ccccc7c7ccccc7c6c5)c34)nc(-c3cccc4oc5ccccc5c34)n2)cc1. The van der Waals surface area contributed by atoms with Gasteiger partial charge in [0.15, 0.2) is 17.5 Å². The van der Waals surface area contributed by atoms with Crippen molar-refractivity contribution in [2.75, 3.05) is 0 Å². The van der Waals surface area contributed by atoms with Crippen LogP contribution in [0.4, 0.5) is 0 Å². The van der Waals surface area contributed by atoms with Crippen LogP contribution in [0.3, 0.4) is 0 Å². The first-order valence-electron chi connectivity index (χ1n) is 18.8. The molecule has 0 atom stereocenters. The molecule has 0 spiro atoms. The molecule has 9 aromatic carbocycles. The van der Waals surface area contributed by atoms with Crippen LogP contribution >= 0.6 is 11.3 Å². The van der Waals surface area contributed by atoms with E-state index in [0.29, 0.717) is 17.5 Å². The molecule has 3 heterocycles. The first-order chi connectivity index (χ1) is 27.7. The standard InChI is InChI=1S/C51H29N3OS/c1-2-12-30(13-3-1)49-52-50(54-51(53-49)41-20-10-22-44-47(41)39-18-8-9-21-43(39)55-44)32-25-27-40-46(29-32)56-45-23-11-19-33(48(40)45)31-24-26-38-36-16-5-4-14-34(36)35-15-6-7-17-37(35)42(38)28-31/h1-29H. The lowest BCUT2D eigenvalue weighted by atomic mass is 9.91. The first kappa shape index (κ1) is 31.2. The Balaban J connectivity index is 1.04. The Bertz CT molecular complexity index is 3510. The van der Waals surface area contributed by atoms with Crippen LogP contribution in [0.25, 0.3) is 120 Å². The van der Waals surface area contributed by atoms with Crippen molar-refractivity contribution in [2.24, 2.45) is 0 Å². The number of thiophene rings is 1. The summed E-state index contributed by atoms with van der Waals surface area (Å²) in [5.41, 5.74) is 6.88. The number of para-hydroxylation sites is 1. The van der Waals surface area contributed by atoms with Crippen LogP contribution in [0, 0.1) is 0 Å². The fourth-order valence-electron chi connectivity index (χ4n) is 8.58. The summed E-state index contributed by atoms with van der Waals surface area (Å²) < 4.78 is 8.69. The Morgan fingerprint density at radius 2 is 0.893 bits per heavy atom. The van der Waals surface area contributed by atoms with Crippen molar-refractivity contribution < 1.29 is 4.42 Å². The summed E-state index contributed by atoms with van der Waals surface area (Å²) in [4.78, 5) is 15.3. The minimum Gasteiger partial charge on any atom is -0.456 e. The number of fused-ring (bicyclic) bond motifs is 12. The zero-order valence-electron chi connectivity index (χ0n) is 29.9. The Morgan fingerprint density at radius 3 is 1.68 bits per heavy atom. The highest BCUT2D eigenvalue weighted by Gasteiger charge is 2.19. The van der Waals surface area contributed by atoms with Crippen molar-refractivity contribution in [1.29, 1.82) is 0 Å². The molecule has 0 amide bonds. The number of hydrogen-bond acceptors (Lipinski definition) is 5. The van der Waals surface area contributed by atoms with E-state index in [4.69, 9.17) is 19.4 Å². The normalized spacial score (nSPS) is 11.9. The Labute approximate surface area is 325 Å². The van der Waals surface area contributed by atoms with E-state index >= 15 is 0 Å². The molecule has 56 heavy (non-hydrogen) atoms. The summed E-state index contributed by atoms with van der Waals surface area (Å²) in [5.74, 6) is 1.87. The summed E-state index contributed by atoms with van der Waals surface area (Å²) in [6, 6.07) is 62.2. The largest absolute Gasteiger partial charge is 0.456 e. The van der Waals surface area contributed by atoms with Gasteiger partial charge in [0.2, 0.25) is 0 Å². The van der Waals surface area contributed by atoms with Crippen LogP contribution in [0.5, 0.6) is 0 Å². The van der Waals surface area contributed by atoms with Crippen LogP contribution in [-0.2, 0) is 0 Å². The third-order valence-electron chi connectivity index (χ3n) is 11.1. The van der Waals surface area contributed by atoms with Crippen LogP contribution in [0.2, 0.25) is 0 Å². The van der Waals surface area contributed by atoms with E-state index in [9.17, 15) is 0 Å². The number of nitrogens with zero attached hydrogens (tertiary/aromatic N) is 3. The van der Waals surface area contributed by atoms with E-state index in [0.717, 1.165) is 38.6 Å². The van der Waals surface area contributed by atoms with E-state index in [1.807, 2.05) is 72.0 Å². The van der Waals surface area contributed by atoms with Gasteiger partial charge < -0.3 is 4.42 Å². The van der Waals surface area contributed by atoms with Gasteiger partial charge in [-0.25, -0.2) is 15.0 Å². The molecular weight excluding hydrogens is 703 g/mol. The maximum absolute atomic E-state index is 6.25. The summed E-state index contributed by atoms with van der Waals surface area (Å²) >= 11 is 1.81. The average Bonchev–Trinajstić information content (AvgIpc) is 3.85. The van der Waals surface area contributed by atoms with Gasteiger partial charge in [0, 0.05) is 47.6 Å². The smallest absolute Gasteiger partial charge is 0.164 e. The predicted molar refractivity (Wildman–Crippen MR) is 234 cm³/mol. The summed E-state index contributed by atoms with van der Waals surface area (Å²) in [6.45, 7) is 0. The second kappa shape index (κ2) is 12.2. The highest BCUT2D eigenvalue weighted by molar-refractivity contribution is 7.26. The molecule has 3 aromatic heterocycles. The van der Waals surface area contributed by atoms with Gasteiger partial charge in [0.1, 0.15) is 11.2 Å². The third-order valence-corrected chi connectivity index (χ3v) is 12.2. The molecule has 0 saturated heterocycles. The van der Waals surface area contributed by atoms with Crippen molar-refractivity contribution in [1.82, 2.24) is 15.0 Å². The minimum absolute atomic E-state index is 0.612. The maximum atomic E-state index is 6.25. The topological polar surface area (TPSA) is 51.8 Å². The zero-order valence-corrected chi connectivity index (χ0v) is 30.7. The quantitative estimate of drug-likeness (QED) is 0.169. The lowest BCUT2D eigenvalue weighted by Gasteiger charge is -2.12. The lowest BCUT2D eigenvalue weighted by molar-refractivity contribution is 0.669. The molecule has 4 nitrogen and oxygen atoms in total. The second-order valence-corrected chi connectivity index (χ2v) is 15.4. The van der Waals surface area contributed by atoms with Crippen molar-refractivity contribution >= 4 is 85.8 Å². The monoisotopic (exact) mass is 731 g/mol. The number of rotatable bonds is 4. The molecule has 0 bridgehead atoms. The fourth-order valence-corrected chi connectivity index (χ4v) is 9.75. The van der Waals surface area contributed by atoms with Gasteiger partial charge in [-0.15, -0.1) is 11.3 Å². The Morgan fingerprint density at radius 1 is 0.321 bits per heavy atom.